The van der Waals surface area contributed by atoms with Crippen LogP contribution < -0.4 is 5.73 Å². The number of benzene rings is 1. The molecule has 0 aliphatic rings. The highest BCUT2D eigenvalue weighted by atomic mass is 16.2. The summed E-state index contributed by atoms with van der Waals surface area (Å²) in [7, 11) is 0. The van der Waals surface area contributed by atoms with Gasteiger partial charge in [0, 0.05) is 24.5 Å². The van der Waals surface area contributed by atoms with E-state index in [-0.39, 0.29) is 5.91 Å². The van der Waals surface area contributed by atoms with E-state index in [4.69, 9.17) is 5.73 Å². The number of amides is 1. The standard InChI is InChI=1S/C17H19N3O/c1-2-20(13-16-5-3-4-12-19-16)17(21)11-8-14-6-9-15(18)10-7-14/h3-12H,2,13,18H2,1H3/b11-8+. The molecule has 0 spiro atoms. The second-order valence-electron chi connectivity index (χ2n) is 4.67. The first-order valence-corrected chi connectivity index (χ1v) is 6.91. The van der Waals surface area contributed by atoms with Crippen molar-refractivity contribution in [2.45, 2.75) is 13.5 Å². The van der Waals surface area contributed by atoms with Gasteiger partial charge in [0.15, 0.2) is 0 Å². The number of anilines is 1. The lowest BCUT2D eigenvalue weighted by molar-refractivity contribution is -0.126. The molecule has 2 rings (SSSR count). The van der Waals surface area contributed by atoms with Crippen molar-refractivity contribution in [3.63, 3.8) is 0 Å². The van der Waals surface area contributed by atoms with Crippen LogP contribution in [-0.4, -0.2) is 22.3 Å². The highest BCUT2D eigenvalue weighted by molar-refractivity contribution is 5.91. The van der Waals surface area contributed by atoms with Gasteiger partial charge in [-0.05, 0) is 42.8 Å². The number of nitrogens with zero attached hydrogens (tertiary/aromatic N) is 2. The fourth-order valence-corrected chi connectivity index (χ4v) is 1.91. The lowest BCUT2D eigenvalue weighted by Crippen LogP contribution is -2.28. The largest absolute Gasteiger partial charge is 0.399 e. The van der Waals surface area contributed by atoms with Crippen molar-refractivity contribution in [3.05, 3.63) is 66.0 Å². The van der Waals surface area contributed by atoms with Gasteiger partial charge in [-0.15, -0.1) is 0 Å². The maximum atomic E-state index is 12.2. The summed E-state index contributed by atoms with van der Waals surface area (Å²) in [6, 6.07) is 13.1. The molecule has 4 heteroatoms. The lowest BCUT2D eigenvalue weighted by atomic mass is 10.2. The Morgan fingerprint density at radius 1 is 1.24 bits per heavy atom. The maximum Gasteiger partial charge on any atom is 0.246 e. The topological polar surface area (TPSA) is 59.2 Å². The molecule has 108 valence electrons. The second kappa shape index (κ2) is 7.24. The van der Waals surface area contributed by atoms with Crippen molar-refractivity contribution >= 4 is 17.7 Å². The zero-order chi connectivity index (χ0) is 15.1. The zero-order valence-corrected chi connectivity index (χ0v) is 12.1. The van der Waals surface area contributed by atoms with E-state index in [1.54, 1.807) is 23.2 Å². The molecule has 1 aromatic heterocycles. The Balaban J connectivity index is 2.01. The second-order valence-corrected chi connectivity index (χ2v) is 4.67. The van der Waals surface area contributed by atoms with E-state index in [9.17, 15) is 4.79 Å². The van der Waals surface area contributed by atoms with Gasteiger partial charge in [-0.3, -0.25) is 9.78 Å². The van der Waals surface area contributed by atoms with Gasteiger partial charge in [0.1, 0.15) is 0 Å². The summed E-state index contributed by atoms with van der Waals surface area (Å²) >= 11 is 0. The van der Waals surface area contributed by atoms with Crippen molar-refractivity contribution in [3.8, 4) is 0 Å². The Bertz CT molecular complexity index is 606. The number of pyridine rings is 1. The normalized spacial score (nSPS) is 10.7. The van der Waals surface area contributed by atoms with Gasteiger partial charge in [-0.2, -0.15) is 0 Å². The number of nitrogen functional groups attached to an aromatic ring is 1. The summed E-state index contributed by atoms with van der Waals surface area (Å²) in [6.07, 6.45) is 5.11. The molecule has 21 heavy (non-hydrogen) atoms. The summed E-state index contributed by atoms with van der Waals surface area (Å²) in [4.78, 5) is 18.2. The minimum atomic E-state index is -0.0278. The average Bonchev–Trinajstić information content (AvgIpc) is 2.52. The predicted octanol–water partition coefficient (Wildman–Crippen LogP) is 2.73. The van der Waals surface area contributed by atoms with Crippen molar-refractivity contribution in [2.24, 2.45) is 0 Å². The van der Waals surface area contributed by atoms with E-state index >= 15 is 0 Å². The van der Waals surface area contributed by atoms with Crippen LogP contribution in [-0.2, 0) is 11.3 Å². The molecule has 4 nitrogen and oxygen atoms in total. The van der Waals surface area contributed by atoms with Crippen LogP contribution in [0.25, 0.3) is 6.08 Å². The van der Waals surface area contributed by atoms with Gasteiger partial charge >= 0.3 is 0 Å². The number of hydrogen-bond donors (Lipinski definition) is 1. The van der Waals surface area contributed by atoms with Crippen LogP contribution in [0, 0.1) is 0 Å². The Morgan fingerprint density at radius 3 is 2.62 bits per heavy atom. The molecule has 0 aliphatic heterocycles. The first-order valence-electron chi connectivity index (χ1n) is 6.91. The van der Waals surface area contributed by atoms with E-state index in [0.29, 0.717) is 18.8 Å². The van der Waals surface area contributed by atoms with Gasteiger partial charge in [0.25, 0.3) is 0 Å². The summed E-state index contributed by atoms with van der Waals surface area (Å²) in [5.41, 5.74) is 8.18. The van der Waals surface area contributed by atoms with Crippen LogP contribution in [0.5, 0.6) is 0 Å². The van der Waals surface area contributed by atoms with Gasteiger partial charge in [-0.1, -0.05) is 18.2 Å². The third kappa shape index (κ3) is 4.45. The van der Waals surface area contributed by atoms with Crippen molar-refractivity contribution in [1.82, 2.24) is 9.88 Å². The van der Waals surface area contributed by atoms with Gasteiger partial charge in [0.2, 0.25) is 5.91 Å². The molecule has 0 fully saturated rings. The van der Waals surface area contributed by atoms with Crippen molar-refractivity contribution in [2.75, 3.05) is 12.3 Å². The Morgan fingerprint density at radius 2 is 2.00 bits per heavy atom. The number of likely N-dealkylation sites (N-methyl/N-ethyl adjacent to an activating group) is 1. The maximum absolute atomic E-state index is 12.2. The summed E-state index contributed by atoms with van der Waals surface area (Å²) in [6.45, 7) is 3.11. The molecule has 0 saturated heterocycles. The van der Waals surface area contributed by atoms with Crippen LogP contribution in [0.2, 0.25) is 0 Å². The quantitative estimate of drug-likeness (QED) is 0.677. The molecule has 0 radical (unpaired) electrons. The molecule has 1 heterocycles. The third-order valence-corrected chi connectivity index (χ3v) is 3.13. The molecule has 0 aliphatic carbocycles. The van der Waals surface area contributed by atoms with Crippen LogP contribution in [0.4, 0.5) is 5.69 Å². The molecule has 1 amide bonds. The number of rotatable bonds is 5. The number of nitrogens with two attached hydrogens (primary N) is 1. The molecule has 2 aromatic rings. The number of carbonyl (C=O) groups is 1. The molecule has 2 N–H and O–H groups in total. The summed E-state index contributed by atoms with van der Waals surface area (Å²) < 4.78 is 0. The molecule has 0 atom stereocenters. The monoisotopic (exact) mass is 281 g/mol. The van der Waals surface area contributed by atoms with E-state index in [2.05, 4.69) is 4.98 Å². The Kier molecular flexibility index (Phi) is 5.10. The fourth-order valence-electron chi connectivity index (χ4n) is 1.91. The van der Waals surface area contributed by atoms with Crippen molar-refractivity contribution < 1.29 is 4.79 Å². The first kappa shape index (κ1) is 14.8. The Hall–Kier alpha value is -2.62. The van der Waals surface area contributed by atoms with Gasteiger partial charge in [0.05, 0.1) is 12.2 Å². The molecule has 0 saturated carbocycles. The first-order chi connectivity index (χ1) is 10.2. The van der Waals surface area contributed by atoms with Crippen molar-refractivity contribution in [1.29, 1.82) is 0 Å². The minimum Gasteiger partial charge on any atom is -0.399 e. The van der Waals surface area contributed by atoms with E-state index < -0.39 is 0 Å². The van der Waals surface area contributed by atoms with E-state index in [1.165, 1.54) is 0 Å². The molecular weight excluding hydrogens is 262 g/mol. The predicted molar refractivity (Wildman–Crippen MR) is 85.2 cm³/mol. The highest BCUT2D eigenvalue weighted by Crippen LogP contribution is 2.08. The average molecular weight is 281 g/mol. The van der Waals surface area contributed by atoms with Crippen LogP contribution in [0.1, 0.15) is 18.2 Å². The zero-order valence-electron chi connectivity index (χ0n) is 12.1. The number of aromatic nitrogens is 1. The molecular formula is C17H19N3O. The SMILES string of the molecule is CCN(Cc1ccccn1)C(=O)/C=C/c1ccc(N)cc1. The van der Waals surface area contributed by atoms with Gasteiger partial charge in [-0.25, -0.2) is 0 Å². The summed E-state index contributed by atoms with van der Waals surface area (Å²) in [5.74, 6) is -0.0278. The van der Waals surface area contributed by atoms with Gasteiger partial charge < -0.3 is 10.6 Å². The summed E-state index contributed by atoms with van der Waals surface area (Å²) in [5, 5.41) is 0. The fraction of sp³-hybridized carbons (Fsp3) is 0.176. The smallest absolute Gasteiger partial charge is 0.246 e. The van der Waals surface area contributed by atoms with Crippen LogP contribution in [0.3, 0.4) is 0 Å². The lowest BCUT2D eigenvalue weighted by Gasteiger charge is -2.18. The number of hydrogen-bond acceptors (Lipinski definition) is 3. The molecule has 1 aromatic carbocycles. The number of carbonyl (C=O) groups excluding carboxylic acids is 1. The van der Waals surface area contributed by atoms with Crippen LogP contribution in [0.15, 0.2) is 54.7 Å². The van der Waals surface area contributed by atoms with E-state index in [0.717, 1.165) is 11.3 Å². The molecule has 0 bridgehead atoms. The highest BCUT2D eigenvalue weighted by Gasteiger charge is 2.09. The third-order valence-electron chi connectivity index (χ3n) is 3.13. The van der Waals surface area contributed by atoms with E-state index in [1.807, 2.05) is 49.4 Å². The minimum absolute atomic E-state index is 0.0278. The Labute approximate surface area is 124 Å². The molecule has 0 unspecified atom stereocenters. The van der Waals surface area contributed by atoms with Crippen LogP contribution >= 0.6 is 0 Å².